The largest absolute Gasteiger partial charge is 0.452 e. The number of benzene rings is 1. The van der Waals surface area contributed by atoms with Crippen LogP contribution in [0.2, 0.25) is 0 Å². The van der Waals surface area contributed by atoms with Gasteiger partial charge in [-0.3, -0.25) is 9.59 Å². The maximum atomic E-state index is 12.6. The van der Waals surface area contributed by atoms with Crippen molar-refractivity contribution in [2.75, 3.05) is 13.6 Å². The minimum Gasteiger partial charge on any atom is -0.452 e. The SMILES string of the molecule is CNC(=O)[C@H](C)OC(=O)CNS(=O)(=O)c1c(C)c(C)cc(C)c1C. The number of ether oxygens (including phenoxy) is 1. The Kier molecular flexibility index (Phi) is 6.50. The smallest absolute Gasteiger partial charge is 0.321 e. The molecular weight excluding hydrogens is 332 g/mol. The molecule has 0 bridgehead atoms. The Bertz CT molecular complexity index is 730. The summed E-state index contributed by atoms with van der Waals surface area (Å²) in [5, 5.41) is 2.34. The van der Waals surface area contributed by atoms with Crippen LogP contribution in [-0.2, 0) is 24.3 Å². The zero-order valence-corrected chi connectivity index (χ0v) is 15.6. The number of esters is 1. The maximum Gasteiger partial charge on any atom is 0.321 e. The average molecular weight is 356 g/mol. The van der Waals surface area contributed by atoms with Crippen LogP contribution in [0.1, 0.15) is 29.2 Å². The molecule has 7 nitrogen and oxygen atoms in total. The number of nitrogens with one attached hydrogen (secondary N) is 2. The summed E-state index contributed by atoms with van der Waals surface area (Å²) in [5.41, 5.74) is 2.99. The molecule has 2 N–H and O–H groups in total. The zero-order valence-electron chi connectivity index (χ0n) is 14.8. The average Bonchev–Trinajstić information content (AvgIpc) is 2.50. The quantitative estimate of drug-likeness (QED) is 0.737. The van der Waals surface area contributed by atoms with Crippen LogP contribution in [0.4, 0.5) is 0 Å². The van der Waals surface area contributed by atoms with Crippen LogP contribution in [-0.4, -0.2) is 40.0 Å². The number of amides is 1. The van der Waals surface area contributed by atoms with Crippen LogP contribution in [0.3, 0.4) is 0 Å². The summed E-state index contributed by atoms with van der Waals surface area (Å²) in [6.07, 6.45) is -0.989. The third-order valence-corrected chi connectivity index (χ3v) is 5.57. The van der Waals surface area contributed by atoms with E-state index in [0.717, 1.165) is 11.1 Å². The van der Waals surface area contributed by atoms with Gasteiger partial charge in [0.2, 0.25) is 10.0 Å². The number of likely N-dealkylation sites (N-methyl/N-ethyl adjacent to an activating group) is 1. The van der Waals surface area contributed by atoms with E-state index in [1.165, 1.54) is 14.0 Å². The van der Waals surface area contributed by atoms with E-state index in [0.29, 0.717) is 11.1 Å². The lowest BCUT2D eigenvalue weighted by Gasteiger charge is -2.16. The highest BCUT2D eigenvalue weighted by atomic mass is 32.2. The molecule has 1 aromatic carbocycles. The number of hydrogen-bond acceptors (Lipinski definition) is 5. The van der Waals surface area contributed by atoms with Crippen molar-refractivity contribution >= 4 is 21.9 Å². The van der Waals surface area contributed by atoms with Crippen LogP contribution >= 0.6 is 0 Å². The molecule has 0 radical (unpaired) electrons. The van der Waals surface area contributed by atoms with E-state index in [1.807, 2.05) is 19.9 Å². The zero-order chi connectivity index (χ0) is 18.7. The fourth-order valence-electron chi connectivity index (χ4n) is 2.31. The summed E-state index contributed by atoms with van der Waals surface area (Å²) in [7, 11) is -2.46. The third kappa shape index (κ3) is 4.55. The second-order valence-electron chi connectivity index (χ2n) is 5.66. The number of carbonyl (C=O) groups excluding carboxylic acids is 2. The highest BCUT2D eigenvalue weighted by molar-refractivity contribution is 7.89. The molecule has 1 atom stereocenters. The van der Waals surface area contributed by atoms with Crippen molar-refractivity contribution in [1.29, 1.82) is 0 Å². The van der Waals surface area contributed by atoms with E-state index in [2.05, 4.69) is 10.0 Å². The summed E-state index contributed by atoms with van der Waals surface area (Å²) < 4.78 is 32.2. The molecule has 0 saturated carbocycles. The molecule has 24 heavy (non-hydrogen) atoms. The molecule has 1 rings (SSSR count). The van der Waals surface area contributed by atoms with Gasteiger partial charge in [0.05, 0.1) is 4.90 Å². The van der Waals surface area contributed by atoms with Crippen LogP contribution in [0.15, 0.2) is 11.0 Å². The predicted octanol–water partition coefficient (Wildman–Crippen LogP) is 0.876. The van der Waals surface area contributed by atoms with Gasteiger partial charge in [-0.15, -0.1) is 0 Å². The number of sulfonamides is 1. The van der Waals surface area contributed by atoms with Gasteiger partial charge in [0.25, 0.3) is 5.91 Å². The normalized spacial score (nSPS) is 12.6. The van der Waals surface area contributed by atoms with E-state index in [1.54, 1.807) is 13.8 Å². The summed E-state index contributed by atoms with van der Waals surface area (Å²) in [6, 6.07) is 1.92. The van der Waals surface area contributed by atoms with Gasteiger partial charge in [-0.25, -0.2) is 8.42 Å². The Labute approximate surface area is 142 Å². The van der Waals surface area contributed by atoms with Gasteiger partial charge < -0.3 is 10.1 Å². The Morgan fingerprint density at radius 1 is 1.12 bits per heavy atom. The first-order valence-corrected chi connectivity index (χ1v) is 8.97. The van der Waals surface area contributed by atoms with Gasteiger partial charge in [0.15, 0.2) is 6.10 Å². The maximum absolute atomic E-state index is 12.6. The number of hydrogen-bond donors (Lipinski definition) is 2. The molecule has 1 amide bonds. The summed E-state index contributed by atoms with van der Waals surface area (Å²) in [6.45, 7) is 7.98. The lowest BCUT2D eigenvalue weighted by Crippen LogP contribution is -2.37. The van der Waals surface area contributed by atoms with Gasteiger partial charge in [-0.05, 0) is 56.9 Å². The fraction of sp³-hybridized carbons (Fsp3) is 0.500. The lowest BCUT2D eigenvalue weighted by molar-refractivity contribution is -0.153. The molecular formula is C16H24N2O5S. The van der Waals surface area contributed by atoms with Gasteiger partial charge in [0.1, 0.15) is 6.54 Å². The molecule has 0 saturated heterocycles. The Morgan fingerprint density at radius 3 is 2.08 bits per heavy atom. The molecule has 8 heteroatoms. The highest BCUT2D eigenvalue weighted by Gasteiger charge is 2.24. The second kappa shape index (κ2) is 7.76. The molecule has 0 aliphatic heterocycles. The van der Waals surface area contributed by atoms with E-state index in [9.17, 15) is 18.0 Å². The fourth-order valence-corrected chi connectivity index (χ4v) is 3.89. The number of rotatable bonds is 6. The van der Waals surface area contributed by atoms with Crippen molar-refractivity contribution in [2.45, 2.75) is 45.6 Å². The number of aryl methyl sites for hydroxylation is 2. The van der Waals surface area contributed by atoms with Crippen molar-refractivity contribution in [1.82, 2.24) is 10.0 Å². The molecule has 134 valence electrons. The van der Waals surface area contributed by atoms with Crippen LogP contribution in [0.5, 0.6) is 0 Å². The predicted molar refractivity (Wildman–Crippen MR) is 90.2 cm³/mol. The van der Waals surface area contributed by atoms with Gasteiger partial charge in [-0.1, -0.05) is 6.07 Å². The standard InChI is InChI=1S/C16H24N2O5S/c1-9-7-10(2)12(4)15(11(9)3)24(21,22)18-8-14(19)23-13(5)16(20)17-6/h7,13,18H,8H2,1-6H3,(H,17,20)/t13-/m0/s1. The van der Waals surface area contributed by atoms with Gasteiger partial charge in [-0.2, -0.15) is 4.72 Å². The summed E-state index contributed by atoms with van der Waals surface area (Å²) >= 11 is 0. The first-order valence-electron chi connectivity index (χ1n) is 7.49. The van der Waals surface area contributed by atoms with Crippen molar-refractivity contribution in [3.8, 4) is 0 Å². The topological polar surface area (TPSA) is 102 Å². The van der Waals surface area contributed by atoms with Crippen LogP contribution in [0, 0.1) is 27.7 Å². The molecule has 0 fully saturated rings. The molecule has 0 aliphatic carbocycles. The van der Waals surface area contributed by atoms with Crippen molar-refractivity contribution in [2.24, 2.45) is 0 Å². The van der Waals surface area contributed by atoms with E-state index < -0.39 is 34.5 Å². The minimum atomic E-state index is -3.87. The molecule has 0 spiro atoms. The Hall–Kier alpha value is -1.93. The van der Waals surface area contributed by atoms with Crippen LogP contribution < -0.4 is 10.0 Å². The molecule has 0 aliphatic rings. The molecule has 1 aromatic rings. The van der Waals surface area contributed by atoms with Crippen LogP contribution in [0.25, 0.3) is 0 Å². The lowest BCUT2D eigenvalue weighted by atomic mass is 10.0. The van der Waals surface area contributed by atoms with Crippen molar-refractivity contribution in [3.05, 3.63) is 28.3 Å². The van der Waals surface area contributed by atoms with Crippen molar-refractivity contribution in [3.63, 3.8) is 0 Å². The van der Waals surface area contributed by atoms with Gasteiger partial charge >= 0.3 is 5.97 Å². The summed E-state index contributed by atoms with van der Waals surface area (Å²) in [5.74, 6) is -1.29. The van der Waals surface area contributed by atoms with Crippen molar-refractivity contribution < 1.29 is 22.7 Å². The molecule has 0 aromatic heterocycles. The first-order chi connectivity index (χ1) is 11.0. The Morgan fingerprint density at radius 2 is 1.62 bits per heavy atom. The first kappa shape index (κ1) is 20.1. The molecule has 0 unspecified atom stereocenters. The number of carbonyl (C=O) groups is 2. The third-order valence-electron chi connectivity index (χ3n) is 3.90. The minimum absolute atomic E-state index is 0.173. The van der Waals surface area contributed by atoms with E-state index in [-0.39, 0.29) is 4.90 Å². The molecule has 0 heterocycles. The second-order valence-corrected chi connectivity index (χ2v) is 7.36. The monoisotopic (exact) mass is 356 g/mol. The van der Waals surface area contributed by atoms with E-state index >= 15 is 0 Å². The Balaban J connectivity index is 2.93. The van der Waals surface area contributed by atoms with Gasteiger partial charge in [0, 0.05) is 7.05 Å². The van der Waals surface area contributed by atoms with E-state index in [4.69, 9.17) is 4.74 Å². The summed E-state index contributed by atoms with van der Waals surface area (Å²) in [4.78, 5) is 23.2. The highest BCUT2D eigenvalue weighted by Crippen LogP contribution is 2.25.